The Bertz CT molecular complexity index is 1570. The van der Waals surface area contributed by atoms with Crippen LogP contribution < -0.4 is 0 Å². The largest absolute Gasteiger partial charge is 0.462 e. The molecule has 6 nitrogen and oxygen atoms in total. The predicted octanol–water partition coefficient (Wildman–Crippen LogP) is 22.6. The van der Waals surface area contributed by atoms with Crippen molar-refractivity contribution in [1.82, 2.24) is 0 Å². The number of ether oxygens (including phenoxy) is 3. The standard InChI is InChI=1S/C72H122O6/c1-4-7-10-13-16-19-22-25-27-28-29-30-31-32-33-34-35-36-37-38-39-40-41-42-43-44-46-47-50-53-56-59-62-65-71(74)77-68-69(67-76-70(73)64-61-58-55-52-49-24-21-18-15-12-9-6-3)78-72(75)66-63-60-57-54-51-48-45-26-23-20-17-14-11-8-5-2/h7,10,16-21,25-27,29-30,32-33,35-36,45,69H,4-6,8-9,11-15,22-24,28,31,34,37-44,46-68H2,1-3H3/b10-7-,19-16-,20-17-,21-18-,27-25-,30-29-,33-32-,36-35-,45-26-. The molecule has 6 heteroatoms. The van der Waals surface area contributed by atoms with E-state index in [9.17, 15) is 14.4 Å². The molecule has 0 aliphatic carbocycles. The molecule has 0 amide bonds. The molecule has 446 valence electrons. The molecule has 1 unspecified atom stereocenters. The Balaban J connectivity index is 4.18. The molecule has 78 heavy (non-hydrogen) atoms. The summed E-state index contributed by atoms with van der Waals surface area (Å²) in [5.41, 5.74) is 0. The molecule has 0 aromatic carbocycles. The molecule has 0 N–H and O–H groups in total. The summed E-state index contributed by atoms with van der Waals surface area (Å²) in [7, 11) is 0. The van der Waals surface area contributed by atoms with Crippen molar-refractivity contribution >= 4 is 17.9 Å². The fourth-order valence-corrected chi connectivity index (χ4v) is 9.06. The predicted molar refractivity (Wildman–Crippen MR) is 339 cm³/mol. The van der Waals surface area contributed by atoms with Crippen LogP contribution >= 0.6 is 0 Å². The van der Waals surface area contributed by atoms with Gasteiger partial charge in [0.05, 0.1) is 0 Å². The van der Waals surface area contributed by atoms with Crippen LogP contribution in [0.15, 0.2) is 109 Å². The Morgan fingerprint density at radius 3 is 0.795 bits per heavy atom. The highest BCUT2D eigenvalue weighted by molar-refractivity contribution is 5.71. The summed E-state index contributed by atoms with van der Waals surface area (Å²) in [6.07, 6.45) is 89.6. The molecule has 1 atom stereocenters. The molecule has 0 saturated heterocycles. The van der Waals surface area contributed by atoms with E-state index in [-0.39, 0.29) is 31.1 Å². The number of hydrogen-bond donors (Lipinski definition) is 0. The number of carbonyl (C=O) groups excluding carboxylic acids is 3. The zero-order valence-electron chi connectivity index (χ0n) is 51.2. The average molecular weight is 1080 g/mol. The fraction of sp³-hybridized carbons (Fsp3) is 0.708. The van der Waals surface area contributed by atoms with Gasteiger partial charge in [0, 0.05) is 19.3 Å². The van der Waals surface area contributed by atoms with Crippen LogP contribution in [0, 0.1) is 0 Å². The van der Waals surface area contributed by atoms with Gasteiger partial charge in [0.1, 0.15) is 13.2 Å². The van der Waals surface area contributed by atoms with Crippen LogP contribution in [-0.2, 0) is 28.6 Å². The number of hydrogen-bond acceptors (Lipinski definition) is 6. The summed E-state index contributed by atoms with van der Waals surface area (Å²) in [5, 5.41) is 0. The smallest absolute Gasteiger partial charge is 0.306 e. The first-order valence-electron chi connectivity index (χ1n) is 32.9. The number of allylic oxidation sites excluding steroid dienone is 18. The highest BCUT2D eigenvalue weighted by atomic mass is 16.6. The van der Waals surface area contributed by atoms with E-state index >= 15 is 0 Å². The summed E-state index contributed by atoms with van der Waals surface area (Å²) in [4.78, 5) is 38.2. The summed E-state index contributed by atoms with van der Waals surface area (Å²) >= 11 is 0. The van der Waals surface area contributed by atoms with Crippen LogP contribution in [0.4, 0.5) is 0 Å². The van der Waals surface area contributed by atoms with Gasteiger partial charge < -0.3 is 14.2 Å². The van der Waals surface area contributed by atoms with Crippen molar-refractivity contribution in [3.63, 3.8) is 0 Å². The molecule has 0 heterocycles. The van der Waals surface area contributed by atoms with Crippen molar-refractivity contribution in [2.75, 3.05) is 13.2 Å². The molecule has 0 rings (SSSR count). The van der Waals surface area contributed by atoms with Gasteiger partial charge in [-0.15, -0.1) is 0 Å². The summed E-state index contributed by atoms with van der Waals surface area (Å²) in [5.74, 6) is -0.901. The van der Waals surface area contributed by atoms with Crippen LogP contribution in [0.5, 0.6) is 0 Å². The Labute approximate surface area is 482 Å². The molecule has 0 aliphatic heterocycles. The Kier molecular flexibility index (Phi) is 62.3. The lowest BCUT2D eigenvalue weighted by molar-refractivity contribution is -0.167. The van der Waals surface area contributed by atoms with Gasteiger partial charge >= 0.3 is 17.9 Å². The Morgan fingerprint density at radius 1 is 0.269 bits per heavy atom. The van der Waals surface area contributed by atoms with Crippen LogP contribution in [0.25, 0.3) is 0 Å². The minimum absolute atomic E-state index is 0.0852. The second-order valence-electron chi connectivity index (χ2n) is 21.6. The van der Waals surface area contributed by atoms with Crippen LogP contribution in [0.2, 0.25) is 0 Å². The summed E-state index contributed by atoms with van der Waals surface area (Å²) in [6, 6.07) is 0. The molecule has 0 radical (unpaired) electrons. The molecule has 0 aliphatic rings. The highest BCUT2D eigenvalue weighted by Crippen LogP contribution is 2.16. The van der Waals surface area contributed by atoms with E-state index in [1.165, 1.54) is 141 Å². The SMILES string of the molecule is CC/C=C\C/C=C\C/C=C\C/C=C\C/C=C\C/C=C\CCCCCCCCCCCCCCCCC(=O)OCC(COC(=O)CCCCCCC/C=C\CCCCC)OC(=O)CCCCCCC/C=C\C/C=C\CCCCC. The lowest BCUT2D eigenvalue weighted by Crippen LogP contribution is -2.30. The second kappa shape index (κ2) is 65.6. The third-order valence-corrected chi connectivity index (χ3v) is 14.0. The molecule has 0 aromatic rings. The first kappa shape index (κ1) is 74.1. The van der Waals surface area contributed by atoms with E-state index in [1.807, 2.05) is 0 Å². The topological polar surface area (TPSA) is 78.9 Å². The number of rotatable bonds is 59. The van der Waals surface area contributed by atoms with Gasteiger partial charge in [0.15, 0.2) is 6.10 Å². The molecule has 0 aromatic heterocycles. The first-order valence-corrected chi connectivity index (χ1v) is 32.9. The normalized spacial score (nSPS) is 12.8. The fourth-order valence-electron chi connectivity index (χ4n) is 9.06. The lowest BCUT2D eigenvalue weighted by Gasteiger charge is -2.18. The van der Waals surface area contributed by atoms with Gasteiger partial charge in [-0.1, -0.05) is 271 Å². The van der Waals surface area contributed by atoms with Gasteiger partial charge in [-0.2, -0.15) is 0 Å². The quantitative estimate of drug-likeness (QED) is 0.0261. The van der Waals surface area contributed by atoms with Crippen LogP contribution in [0.3, 0.4) is 0 Å². The van der Waals surface area contributed by atoms with E-state index < -0.39 is 6.10 Å². The van der Waals surface area contributed by atoms with E-state index in [0.717, 1.165) is 128 Å². The Morgan fingerprint density at radius 2 is 0.500 bits per heavy atom. The lowest BCUT2D eigenvalue weighted by atomic mass is 10.0. The van der Waals surface area contributed by atoms with Crippen molar-refractivity contribution in [2.45, 2.75) is 316 Å². The van der Waals surface area contributed by atoms with Gasteiger partial charge in [0.2, 0.25) is 0 Å². The summed E-state index contributed by atoms with van der Waals surface area (Å²) < 4.78 is 16.9. The zero-order valence-corrected chi connectivity index (χ0v) is 51.2. The van der Waals surface area contributed by atoms with E-state index in [1.54, 1.807) is 0 Å². The maximum atomic E-state index is 12.9. The van der Waals surface area contributed by atoms with E-state index in [0.29, 0.717) is 19.3 Å². The molecule has 0 bridgehead atoms. The van der Waals surface area contributed by atoms with Gasteiger partial charge in [-0.25, -0.2) is 0 Å². The summed E-state index contributed by atoms with van der Waals surface area (Å²) in [6.45, 7) is 6.47. The van der Waals surface area contributed by atoms with Crippen molar-refractivity contribution in [1.29, 1.82) is 0 Å². The van der Waals surface area contributed by atoms with Gasteiger partial charge in [-0.3, -0.25) is 14.4 Å². The van der Waals surface area contributed by atoms with Crippen molar-refractivity contribution in [3.05, 3.63) is 109 Å². The first-order chi connectivity index (χ1) is 38.5. The average Bonchev–Trinajstić information content (AvgIpc) is 3.44. The van der Waals surface area contributed by atoms with Gasteiger partial charge in [-0.05, 0) is 128 Å². The number of carbonyl (C=O) groups is 3. The molecule has 0 spiro atoms. The minimum Gasteiger partial charge on any atom is -0.462 e. The molecule has 0 saturated carbocycles. The van der Waals surface area contributed by atoms with Crippen molar-refractivity contribution < 1.29 is 28.6 Å². The highest BCUT2D eigenvalue weighted by Gasteiger charge is 2.19. The number of esters is 3. The van der Waals surface area contributed by atoms with Crippen molar-refractivity contribution in [3.8, 4) is 0 Å². The second-order valence-corrected chi connectivity index (χ2v) is 21.6. The maximum Gasteiger partial charge on any atom is 0.306 e. The molecular weight excluding hydrogens is 961 g/mol. The zero-order chi connectivity index (χ0) is 56.4. The molecule has 0 fully saturated rings. The van der Waals surface area contributed by atoms with Crippen LogP contribution in [0.1, 0.15) is 310 Å². The van der Waals surface area contributed by atoms with Crippen molar-refractivity contribution in [2.24, 2.45) is 0 Å². The number of unbranched alkanes of at least 4 members (excludes halogenated alkanes) is 30. The van der Waals surface area contributed by atoms with E-state index in [4.69, 9.17) is 14.2 Å². The third-order valence-electron chi connectivity index (χ3n) is 14.0. The third kappa shape index (κ3) is 62.9. The van der Waals surface area contributed by atoms with Crippen LogP contribution in [-0.4, -0.2) is 37.2 Å². The van der Waals surface area contributed by atoms with E-state index in [2.05, 4.69) is 130 Å². The Hall–Kier alpha value is -3.93. The maximum absolute atomic E-state index is 12.9. The monoisotopic (exact) mass is 1080 g/mol. The molecular formula is C72H122O6. The van der Waals surface area contributed by atoms with Gasteiger partial charge in [0.25, 0.3) is 0 Å². The minimum atomic E-state index is -0.789.